The third kappa shape index (κ3) is 3.47. The number of ether oxygens (including phenoxy) is 1. The van der Waals surface area contributed by atoms with Crippen LogP contribution in [0, 0.1) is 0 Å². The molecule has 0 aromatic rings. The van der Waals surface area contributed by atoms with E-state index in [0.717, 1.165) is 19.4 Å². The minimum atomic E-state index is -0.207. The van der Waals surface area contributed by atoms with Crippen LogP contribution in [0.2, 0.25) is 0 Å². The monoisotopic (exact) mass is 212 g/mol. The second kappa shape index (κ2) is 4.94. The minimum absolute atomic E-state index is 0.0527. The lowest BCUT2D eigenvalue weighted by atomic mass is 10.2. The summed E-state index contributed by atoms with van der Waals surface area (Å²) in [6.45, 7) is 3.60. The predicted molar refractivity (Wildman–Crippen MR) is 57.6 cm³/mol. The van der Waals surface area contributed by atoms with E-state index in [1.807, 2.05) is 6.92 Å². The number of hydrogen-bond donors (Lipinski definition) is 2. The molecule has 2 aliphatic rings. The molecule has 1 aliphatic carbocycles. The van der Waals surface area contributed by atoms with Gasteiger partial charge < -0.3 is 15.4 Å². The van der Waals surface area contributed by atoms with E-state index in [9.17, 15) is 4.79 Å². The molecule has 4 nitrogen and oxygen atoms in total. The van der Waals surface area contributed by atoms with Crippen molar-refractivity contribution in [2.24, 2.45) is 0 Å². The summed E-state index contributed by atoms with van der Waals surface area (Å²) in [5.41, 5.74) is 0. The Balaban J connectivity index is 1.55. The van der Waals surface area contributed by atoms with Gasteiger partial charge in [-0.15, -0.1) is 0 Å². The van der Waals surface area contributed by atoms with Gasteiger partial charge in [0.1, 0.15) is 6.10 Å². The summed E-state index contributed by atoms with van der Waals surface area (Å²) < 4.78 is 5.48. The molecule has 1 saturated heterocycles. The van der Waals surface area contributed by atoms with E-state index in [0.29, 0.717) is 12.6 Å². The summed E-state index contributed by atoms with van der Waals surface area (Å²) in [5.74, 6) is 0.0527. The van der Waals surface area contributed by atoms with Crippen LogP contribution >= 0.6 is 0 Å². The van der Waals surface area contributed by atoms with Crippen molar-refractivity contribution in [2.45, 2.75) is 50.9 Å². The highest BCUT2D eigenvalue weighted by atomic mass is 16.5. The van der Waals surface area contributed by atoms with Crippen LogP contribution in [0.1, 0.15) is 32.6 Å². The molecule has 1 amide bonds. The summed E-state index contributed by atoms with van der Waals surface area (Å²) in [5, 5.41) is 6.26. The molecule has 0 bridgehead atoms. The Hall–Kier alpha value is -0.610. The highest BCUT2D eigenvalue weighted by molar-refractivity contribution is 5.80. The molecule has 86 valence electrons. The molecule has 1 saturated carbocycles. The van der Waals surface area contributed by atoms with Crippen molar-refractivity contribution in [1.29, 1.82) is 0 Å². The van der Waals surface area contributed by atoms with E-state index in [1.54, 1.807) is 0 Å². The highest BCUT2D eigenvalue weighted by Crippen LogP contribution is 2.19. The molecule has 0 aromatic carbocycles. The van der Waals surface area contributed by atoms with Gasteiger partial charge in [0.05, 0.1) is 6.10 Å². The zero-order valence-corrected chi connectivity index (χ0v) is 9.29. The number of rotatable bonds is 5. The molecule has 0 radical (unpaired) electrons. The number of carbonyl (C=O) groups excluding carboxylic acids is 1. The summed E-state index contributed by atoms with van der Waals surface area (Å²) in [7, 11) is 0. The van der Waals surface area contributed by atoms with E-state index in [1.165, 1.54) is 12.8 Å². The van der Waals surface area contributed by atoms with Gasteiger partial charge in [0.25, 0.3) is 0 Å². The molecule has 1 aliphatic heterocycles. The number of amides is 1. The van der Waals surface area contributed by atoms with E-state index in [2.05, 4.69) is 10.6 Å². The fourth-order valence-corrected chi connectivity index (χ4v) is 1.86. The third-order valence-corrected chi connectivity index (χ3v) is 2.96. The Morgan fingerprint density at radius 3 is 2.67 bits per heavy atom. The predicted octanol–water partition coefficient (Wildman–Crippen LogP) is 0.422. The normalized spacial score (nSPS) is 30.5. The Morgan fingerprint density at radius 1 is 1.27 bits per heavy atom. The van der Waals surface area contributed by atoms with E-state index in [-0.39, 0.29) is 18.1 Å². The smallest absolute Gasteiger partial charge is 0.249 e. The molecule has 0 aromatic heterocycles. The second-order valence-electron chi connectivity index (χ2n) is 4.53. The van der Waals surface area contributed by atoms with Gasteiger partial charge in [-0.25, -0.2) is 0 Å². The van der Waals surface area contributed by atoms with Crippen molar-refractivity contribution < 1.29 is 9.53 Å². The van der Waals surface area contributed by atoms with Crippen LogP contribution in [0.4, 0.5) is 0 Å². The highest BCUT2D eigenvalue weighted by Gasteiger charge is 2.27. The maximum atomic E-state index is 11.6. The average Bonchev–Trinajstić information content (AvgIpc) is 2.94. The first-order valence-electron chi connectivity index (χ1n) is 5.92. The Kier molecular flexibility index (Phi) is 3.59. The van der Waals surface area contributed by atoms with Crippen molar-refractivity contribution in [3.05, 3.63) is 0 Å². The van der Waals surface area contributed by atoms with Crippen molar-refractivity contribution in [3.63, 3.8) is 0 Å². The zero-order valence-electron chi connectivity index (χ0n) is 9.29. The lowest BCUT2D eigenvalue weighted by Gasteiger charge is -2.11. The quantitative estimate of drug-likeness (QED) is 0.649. The fraction of sp³-hybridized carbons (Fsp3) is 0.909. The van der Waals surface area contributed by atoms with Crippen LogP contribution in [0.5, 0.6) is 0 Å². The fourth-order valence-electron chi connectivity index (χ4n) is 1.86. The van der Waals surface area contributed by atoms with Crippen molar-refractivity contribution in [3.8, 4) is 0 Å². The molecular weight excluding hydrogens is 192 g/mol. The summed E-state index contributed by atoms with van der Waals surface area (Å²) in [6.07, 6.45) is 4.47. The molecule has 0 spiro atoms. The maximum absolute atomic E-state index is 11.6. The second-order valence-corrected chi connectivity index (χ2v) is 4.53. The molecule has 4 heteroatoms. The summed E-state index contributed by atoms with van der Waals surface area (Å²) in [4.78, 5) is 11.6. The third-order valence-electron chi connectivity index (χ3n) is 2.96. The first kappa shape index (κ1) is 10.9. The summed E-state index contributed by atoms with van der Waals surface area (Å²) >= 11 is 0. The van der Waals surface area contributed by atoms with Crippen LogP contribution < -0.4 is 10.6 Å². The van der Waals surface area contributed by atoms with Crippen molar-refractivity contribution in [2.75, 3.05) is 13.1 Å². The van der Waals surface area contributed by atoms with Gasteiger partial charge in [0.2, 0.25) is 5.91 Å². The number of nitrogens with one attached hydrogen (secondary N) is 2. The summed E-state index contributed by atoms with van der Waals surface area (Å²) in [6, 6.07) is 0.713. The first-order chi connectivity index (χ1) is 7.25. The standard InChI is InChI=1S/C11H20N2O2/c1-8-2-5-10(15-8)11(14)13-7-6-12-9-3-4-9/h8-10,12H,2-7H2,1H3,(H,13,14). The molecule has 15 heavy (non-hydrogen) atoms. The van der Waals surface area contributed by atoms with Gasteiger partial charge in [0, 0.05) is 19.1 Å². The molecular formula is C11H20N2O2. The first-order valence-corrected chi connectivity index (χ1v) is 5.92. The molecule has 2 fully saturated rings. The van der Waals surface area contributed by atoms with Crippen molar-refractivity contribution >= 4 is 5.91 Å². The SMILES string of the molecule is CC1CCC(C(=O)NCCNC2CC2)O1. The van der Waals surface area contributed by atoms with E-state index < -0.39 is 0 Å². The van der Waals surface area contributed by atoms with Crippen LogP contribution in [0.25, 0.3) is 0 Å². The largest absolute Gasteiger partial charge is 0.365 e. The van der Waals surface area contributed by atoms with Gasteiger partial charge in [-0.05, 0) is 32.6 Å². The Morgan fingerprint density at radius 2 is 2.07 bits per heavy atom. The van der Waals surface area contributed by atoms with Gasteiger partial charge in [-0.3, -0.25) is 4.79 Å². The topological polar surface area (TPSA) is 50.4 Å². The zero-order chi connectivity index (χ0) is 10.7. The molecule has 2 atom stereocenters. The maximum Gasteiger partial charge on any atom is 0.249 e. The van der Waals surface area contributed by atoms with Crippen LogP contribution in [0.3, 0.4) is 0 Å². The lowest BCUT2D eigenvalue weighted by molar-refractivity contribution is -0.131. The lowest BCUT2D eigenvalue weighted by Crippen LogP contribution is -2.38. The van der Waals surface area contributed by atoms with E-state index >= 15 is 0 Å². The Bertz CT molecular complexity index is 229. The van der Waals surface area contributed by atoms with Crippen molar-refractivity contribution in [1.82, 2.24) is 10.6 Å². The minimum Gasteiger partial charge on any atom is -0.365 e. The molecule has 2 unspecified atom stereocenters. The van der Waals surface area contributed by atoms with E-state index in [4.69, 9.17) is 4.74 Å². The van der Waals surface area contributed by atoms with Crippen LogP contribution in [-0.4, -0.2) is 37.2 Å². The number of hydrogen-bond acceptors (Lipinski definition) is 3. The molecule has 1 heterocycles. The van der Waals surface area contributed by atoms with Gasteiger partial charge in [-0.2, -0.15) is 0 Å². The van der Waals surface area contributed by atoms with Gasteiger partial charge in [0.15, 0.2) is 0 Å². The van der Waals surface area contributed by atoms with Crippen LogP contribution in [0.15, 0.2) is 0 Å². The van der Waals surface area contributed by atoms with Gasteiger partial charge in [-0.1, -0.05) is 0 Å². The molecule has 2 rings (SSSR count). The average molecular weight is 212 g/mol. The van der Waals surface area contributed by atoms with Crippen LogP contribution in [-0.2, 0) is 9.53 Å². The molecule has 2 N–H and O–H groups in total. The Labute approximate surface area is 90.8 Å². The number of carbonyl (C=O) groups is 1. The van der Waals surface area contributed by atoms with Gasteiger partial charge >= 0.3 is 0 Å².